The molecule has 0 aliphatic carbocycles. The van der Waals surface area contributed by atoms with Crippen molar-refractivity contribution in [3.05, 3.63) is 17.5 Å². The lowest BCUT2D eigenvalue weighted by molar-refractivity contribution is 0.0943. The van der Waals surface area contributed by atoms with Gasteiger partial charge in [0.2, 0.25) is 0 Å². The van der Waals surface area contributed by atoms with E-state index in [1.54, 1.807) is 6.92 Å². The summed E-state index contributed by atoms with van der Waals surface area (Å²) in [6.45, 7) is 4.54. The van der Waals surface area contributed by atoms with Crippen LogP contribution in [-0.4, -0.2) is 30.7 Å². The minimum absolute atomic E-state index is 0.0932. The lowest BCUT2D eigenvalue weighted by Gasteiger charge is -2.22. The first kappa shape index (κ1) is 11.1. The molecule has 0 spiro atoms. The van der Waals surface area contributed by atoms with Crippen LogP contribution in [0.3, 0.4) is 0 Å². The van der Waals surface area contributed by atoms with Gasteiger partial charge >= 0.3 is 0 Å². The number of rotatable bonds is 3. The zero-order chi connectivity index (χ0) is 11.4. The molecule has 0 radical (unpaired) electrons. The van der Waals surface area contributed by atoms with Gasteiger partial charge in [0, 0.05) is 6.54 Å². The number of nitrogens with zero attached hydrogens (tertiary/aromatic N) is 1. The van der Waals surface area contributed by atoms with Crippen LogP contribution in [0, 0.1) is 12.8 Å². The van der Waals surface area contributed by atoms with E-state index in [1.165, 1.54) is 19.0 Å². The number of nitrogens with one attached hydrogen (secondary N) is 2. The zero-order valence-electron chi connectivity index (χ0n) is 9.45. The number of hydrogen-bond acceptors (Lipinski definition) is 4. The Morgan fingerprint density at radius 2 is 2.62 bits per heavy atom. The van der Waals surface area contributed by atoms with Gasteiger partial charge in [-0.3, -0.25) is 4.79 Å². The molecule has 16 heavy (non-hydrogen) atoms. The summed E-state index contributed by atoms with van der Waals surface area (Å²) in [4.78, 5) is 11.7. The van der Waals surface area contributed by atoms with E-state index in [2.05, 4.69) is 15.8 Å². The Hall–Kier alpha value is -1.36. The fourth-order valence-electron chi connectivity index (χ4n) is 1.95. The molecular formula is C11H17N3O2. The lowest BCUT2D eigenvalue weighted by Crippen LogP contribution is -2.38. The molecule has 2 heterocycles. The molecule has 2 N–H and O–H groups in total. The highest BCUT2D eigenvalue weighted by molar-refractivity contribution is 5.94. The molecule has 5 nitrogen and oxygen atoms in total. The number of carbonyl (C=O) groups is 1. The minimum atomic E-state index is -0.0932. The molecule has 1 unspecified atom stereocenters. The van der Waals surface area contributed by atoms with Crippen LogP contribution < -0.4 is 10.6 Å². The third-order valence-corrected chi connectivity index (χ3v) is 2.95. The van der Waals surface area contributed by atoms with Crippen LogP contribution in [0.1, 0.15) is 29.0 Å². The van der Waals surface area contributed by atoms with Crippen LogP contribution >= 0.6 is 0 Å². The molecule has 1 fully saturated rings. The molecule has 1 aromatic rings. The smallest absolute Gasteiger partial charge is 0.256 e. The fraction of sp³-hybridized carbons (Fsp3) is 0.636. The molecule has 0 saturated carbocycles. The zero-order valence-corrected chi connectivity index (χ0v) is 9.45. The van der Waals surface area contributed by atoms with Gasteiger partial charge in [-0.05, 0) is 38.8 Å². The van der Waals surface area contributed by atoms with E-state index < -0.39 is 0 Å². The van der Waals surface area contributed by atoms with Gasteiger partial charge in [0.05, 0.1) is 6.20 Å². The van der Waals surface area contributed by atoms with Gasteiger partial charge in [-0.15, -0.1) is 0 Å². The van der Waals surface area contributed by atoms with Gasteiger partial charge in [0.15, 0.2) is 0 Å². The SMILES string of the molecule is Cc1oncc1C(=O)NCC1CCCNC1. The second-order valence-electron chi connectivity index (χ2n) is 4.22. The van der Waals surface area contributed by atoms with Crippen LogP contribution in [-0.2, 0) is 0 Å². The average Bonchev–Trinajstić information content (AvgIpc) is 2.74. The highest BCUT2D eigenvalue weighted by atomic mass is 16.5. The summed E-state index contributed by atoms with van der Waals surface area (Å²) in [7, 11) is 0. The van der Waals surface area contributed by atoms with Gasteiger partial charge in [-0.2, -0.15) is 0 Å². The summed E-state index contributed by atoms with van der Waals surface area (Å²) in [5.41, 5.74) is 0.531. The third kappa shape index (κ3) is 2.61. The molecule has 2 rings (SSSR count). The molecule has 1 aliphatic rings. The summed E-state index contributed by atoms with van der Waals surface area (Å²) >= 11 is 0. The molecule has 1 aliphatic heterocycles. The summed E-state index contributed by atoms with van der Waals surface area (Å²) < 4.78 is 4.85. The van der Waals surface area contributed by atoms with E-state index in [1.807, 2.05) is 0 Å². The van der Waals surface area contributed by atoms with Crippen molar-refractivity contribution in [3.8, 4) is 0 Å². The maximum absolute atomic E-state index is 11.7. The molecule has 1 amide bonds. The van der Waals surface area contributed by atoms with E-state index in [0.717, 1.165) is 19.6 Å². The van der Waals surface area contributed by atoms with Crippen molar-refractivity contribution < 1.29 is 9.32 Å². The Morgan fingerprint density at radius 1 is 1.75 bits per heavy atom. The minimum Gasteiger partial charge on any atom is -0.361 e. The van der Waals surface area contributed by atoms with Crippen LogP contribution in [0.5, 0.6) is 0 Å². The molecule has 5 heteroatoms. The Labute approximate surface area is 94.6 Å². The number of aryl methyl sites for hydroxylation is 1. The quantitative estimate of drug-likeness (QED) is 0.792. The summed E-state index contributed by atoms with van der Waals surface area (Å²) in [6, 6.07) is 0. The molecule has 1 saturated heterocycles. The van der Waals surface area contributed by atoms with Crippen molar-refractivity contribution >= 4 is 5.91 Å². The van der Waals surface area contributed by atoms with Gasteiger partial charge in [0.1, 0.15) is 11.3 Å². The Kier molecular flexibility index (Phi) is 3.56. The first-order valence-corrected chi connectivity index (χ1v) is 5.67. The van der Waals surface area contributed by atoms with Gasteiger partial charge in [-0.1, -0.05) is 5.16 Å². The predicted octanol–water partition coefficient (Wildman–Crippen LogP) is 0.712. The average molecular weight is 223 g/mol. The summed E-state index contributed by atoms with van der Waals surface area (Å²) in [5, 5.41) is 9.83. The van der Waals surface area contributed by atoms with Crippen molar-refractivity contribution in [2.45, 2.75) is 19.8 Å². The molecule has 0 aromatic carbocycles. The first-order chi connectivity index (χ1) is 7.77. The topological polar surface area (TPSA) is 67.2 Å². The van der Waals surface area contributed by atoms with Crippen molar-refractivity contribution in [2.24, 2.45) is 5.92 Å². The van der Waals surface area contributed by atoms with Crippen LogP contribution in [0.2, 0.25) is 0 Å². The fourth-order valence-corrected chi connectivity index (χ4v) is 1.95. The van der Waals surface area contributed by atoms with E-state index in [0.29, 0.717) is 17.2 Å². The van der Waals surface area contributed by atoms with Gasteiger partial charge in [0.25, 0.3) is 5.91 Å². The maximum atomic E-state index is 11.7. The summed E-state index contributed by atoms with van der Waals surface area (Å²) in [5.74, 6) is 1.02. The third-order valence-electron chi connectivity index (χ3n) is 2.95. The highest BCUT2D eigenvalue weighted by Crippen LogP contribution is 2.09. The van der Waals surface area contributed by atoms with E-state index in [-0.39, 0.29) is 5.91 Å². The number of carbonyl (C=O) groups excluding carboxylic acids is 1. The number of piperidine rings is 1. The second-order valence-corrected chi connectivity index (χ2v) is 4.22. The molecular weight excluding hydrogens is 206 g/mol. The van der Waals surface area contributed by atoms with Crippen LogP contribution in [0.15, 0.2) is 10.7 Å². The Balaban J connectivity index is 1.81. The second kappa shape index (κ2) is 5.12. The number of amides is 1. The summed E-state index contributed by atoms with van der Waals surface area (Å²) in [6.07, 6.45) is 3.83. The number of hydrogen-bond donors (Lipinski definition) is 2. The van der Waals surface area contributed by atoms with E-state index in [9.17, 15) is 4.79 Å². The maximum Gasteiger partial charge on any atom is 0.256 e. The Morgan fingerprint density at radius 3 is 3.25 bits per heavy atom. The van der Waals surface area contributed by atoms with Crippen LogP contribution in [0.4, 0.5) is 0 Å². The standard InChI is InChI=1S/C11H17N3O2/c1-8-10(7-14-16-8)11(15)13-6-9-3-2-4-12-5-9/h7,9,12H,2-6H2,1H3,(H,13,15). The van der Waals surface area contributed by atoms with E-state index in [4.69, 9.17) is 4.52 Å². The van der Waals surface area contributed by atoms with E-state index >= 15 is 0 Å². The Bertz CT molecular complexity index is 356. The molecule has 1 aromatic heterocycles. The molecule has 1 atom stereocenters. The molecule has 0 bridgehead atoms. The molecule has 88 valence electrons. The highest BCUT2D eigenvalue weighted by Gasteiger charge is 2.16. The normalized spacial score (nSPS) is 20.7. The van der Waals surface area contributed by atoms with Crippen molar-refractivity contribution in [1.29, 1.82) is 0 Å². The van der Waals surface area contributed by atoms with Crippen LogP contribution in [0.25, 0.3) is 0 Å². The van der Waals surface area contributed by atoms with Gasteiger partial charge < -0.3 is 15.2 Å². The predicted molar refractivity (Wildman–Crippen MR) is 59.2 cm³/mol. The monoisotopic (exact) mass is 223 g/mol. The van der Waals surface area contributed by atoms with Gasteiger partial charge in [-0.25, -0.2) is 0 Å². The largest absolute Gasteiger partial charge is 0.361 e. The van der Waals surface area contributed by atoms with Crippen molar-refractivity contribution in [3.63, 3.8) is 0 Å². The van der Waals surface area contributed by atoms with Crippen molar-refractivity contribution in [2.75, 3.05) is 19.6 Å². The van der Waals surface area contributed by atoms with Crippen molar-refractivity contribution in [1.82, 2.24) is 15.8 Å². The number of aromatic nitrogens is 1. The first-order valence-electron chi connectivity index (χ1n) is 5.67. The lowest BCUT2D eigenvalue weighted by atomic mass is 10.00.